The van der Waals surface area contributed by atoms with E-state index >= 15 is 0 Å². The summed E-state index contributed by atoms with van der Waals surface area (Å²) in [6, 6.07) is 10.1. The van der Waals surface area contributed by atoms with Crippen molar-refractivity contribution in [3.05, 3.63) is 41.7 Å². The molecule has 2 heterocycles. The van der Waals surface area contributed by atoms with Crippen LogP contribution in [-0.2, 0) is 11.2 Å². The predicted octanol–water partition coefficient (Wildman–Crippen LogP) is 2.43. The summed E-state index contributed by atoms with van der Waals surface area (Å²) in [5.74, 6) is -0.201. The molecule has 6 heteroatoms. The van der Waals surface area contributed by atoms with Crippen LogP contribution in [0.2, 0.25) is 0 Å². The maximum Gasteiger partial charge on any atom is 0.308 e. The molecular weight excluding hydrogens is 286 g/mol. The molecule has 0 saturated carbocycles. The molecule has 3 rings (SSSR count). The van der Waals surface area contributed by atoms with Gasteiger partial charge in [0.1, 0.15) is 5.82 Å². The Morgan fingerprint density at radius 3 is 2.95 bits per heavy atom. The molecule has 110 valence electrons. The minimum atomic E-state index is -0.714. The van der Waals surface area contributed by atoms with E-state index in [9.17, 15) is 4.79 Å². The zero-order valence-corrected chi connectivity index (χ0v) is 12.4. The van der Waals surface area contributed by atoms with Crippen molar-refractivity contribution in [2.75, 3.05) is 18.0 Å². The summed E-state index contributed by atoms with van der Waals surface area (Å²) < 4.78 is 4.40. The van der Waals surface area contributed by atoms with E-state index in [-0.39, 0.29) is 5.92 Å². The van der Waals surface area contributed by atoms with Crippen LogP contribution in [0, 0.1) is 5.92 Å². The molecule has 0 radical (unpaired) electrons. The van der Waals surface area contributed by atoms with E-state index in [4.69, 9.17) is 5.11 Å². The van der Waals surface area contributed by atoms with E-state index in [1.165, 1.54) is 17.1 Å². The van der Waals surface area contributed by atoms with Crippen molar-refractivity contribution in [1.29, 1.82) is 0 Å². The molecule has 5 nitrogen and oxygen atoms in total. The molecule has 1 N–H and O–H groups in total. The lowest BCUT2D eigenvalue weighted by atomic mass is 9.99. The summed E-state index contributed by atoms with van der Waals surface area (Å²) >= 11 is 1.36. The third-order valence-corrected chi connectivity index (χ3v) is 4.52. The third kappa shape index (κ3) is 3.39. The fraction of sp³-hybridized carbons (Fsp3) is 0.400. The molecule has 0 bridgehead atoms. The molecule has 0 unspecified atom stereocenters. The van der Waals surface area contributed by atoms with Gasteiger partial charge in [0.2, 0.25) is 5.13 Å². The number of carboxylic acids is 1. The number of benzene rings is 1. The Hall–Kier alpha value is -1.95. The van der Waals surface area contributed by atoms with Gasteiger partial charge in [-0.1, -0.05) is 30.3 Å². The molecule has 1 aliphatic rings. The molecule has 1 aromatic carbocycles. The lowest BCUT2D eigenvalue weighted by molar-refractivity contribution is -0.141. The van der Waals surface area contributed by atoms with Gasteiger partial charge in [-0.2, -0.15) is 4.37 Å². The van der Waals surface area contributed by atoms with Crippen LogP contribution < -0.4 is 4.90 Å². The van der Waals surface area contributed by atoms with Crippen LogP contribution in [0.5, 0.6) is 0 Å². The number of aromatic nitrogens is 2. The highest BCUT2D eigenvalue weighted by atomic mass is 32.1. The molecular formula is C15H17N3O2S. The number of carbonyl (C=O) groups is 1. The quantitative estimate of drug-likeness (QED) is 0.939. The van der Waals surface area contributed by atoms with Crippen LogP contribution in [0.1, 0.15) is 24.2 Å². The number of piperidine rings is 1. The van der Waals surface area contributed by atoms with Gasteiger partial charge in [-0.05, 0) is 18.4 Å². The van der Waals surface area contributed by atoms with E-state index < -0.39 is 5.97 Å². The van der Waals surface area contributed by atoms with Crippen molar-refractivity contribution < 1.29 is 9.90 Å². The van der Waals surface area contributed by atoms with Gasteiger partial charge in [-0.25, -0.2) is 4.98 Å². The van der Waals surface area contributed by atoms with Gasteiger partial charge in [0.15, 0.2) is 0 Å². The molecule has 21 heavy (non-hydrogen) atoms. The number of hydrogen-bond acceptors (Lipinski definition) is 5. The first-order valence-corrected chi connectivity index (χ1v) is 7.84. The van der Waals surface area contributed by atoms with E-state index in [0.717, 1.165) is 30.3 Å². The van der Waals surface area contributed by atoms with Crippen molar-refractivity contribution >= 4 is 22.6 Å². The summed E-state index contributed by atoms with van der Waals surface area (Å²) in [6.45, 7) is 1.40. The third-order valence-electron chi connectivity index (χ3n) is 3.70. The Labute approximate surface area is 127 Å². The van der Waals surface area contributed by atoms with Crippen molar-refractivity contribution in [3.63, 3.8) is 0 Å². The normalized spacial score (nSPS) is 18.7. The zero-order chi connectivity index (χ0) is 14.7. The van der Waals surface area contributed by atoms with Gasteiger partial charge in [0, 0.05) is 31.0 Å². The second-order valence-corrected chi connectivity index (χ2v) is 6.01. The smallest absolute Gasteiger partial charge is 0.308 e. The van der Waals surface area contributed by atoms with Crippen LogP contribution in [0.4, 0.5) is 5.13 Å². The average Bonchev–Trinajstić information content (AvgIpc) is 2.97. The lowest BCUT2D eigenvalue weighted by Crippen LogP contribution is -2.38. The minimum Gasteiger partial charge on any atom is -0.481 e. The van der Waals surface area contributed by atoms with Crippen molar-refractivity contribution in [1.82, 2.24) is 9.36 Å². The molecule has 1 aliphatic heterocycles. The summed E-state index contributed by atoms with van der Waals surface area (Å²) in [7, 11) is 0. The number of nitrogens with zero attached hydrogens (tertiary/aromatic N) is 3. The first-order valence-electron chi connectivity index (χ1n) is 7.06. The first kappa shape index (κ1) is 14.0. The Morgan fingerprint density at radius 2 is 2.19 bits per heavy atom. The Bertz CT molecular complexity index is 614. The summed E-state index contributed by atoms with van der Waals surface area (Å²) in [5.41, 5.74) is 1.18. The van der Waals surface area contributed by atoms with Gasteiger partial charge in [0.25, 0.3) is 0 Å². The summed E-state index contributed by atoms with van der Waals surface area (Å²) in [5, 5.41) is 9.98. The molecule has 0 spiro atoms. The molecule has 1 saturated heterocycles. The van der Waals surface area contributed by atoms with Gasteiger partial charge in [-0.15, -0.1) is 0 Å². The Kier molecular flexibility index (Phi) is 4.15. The van der Waals surface area contributed by atoms with Crippen molar-refractivity contribution in [3.8, 4) is 0 Å². The molecule has 0 aliphatic carbocycles. The lowest BCUT2D eigenvalue weighted by Gasteiger charge is -2.29. The molecule has 2 aromatic rings. The molecule has 1 atom stereocenters. The highest BCUT2D eigenvalue weighted by molar-refractivity contribution is 7.09. The number of hydrogen-bond donors (Lipinski definition) is 1. The van der Waals surface area contributed by atoms with E-state index in [1.54, 1.807) is 0 Å². The standard InChI is InChI=1S/C15H17N3O2S/c19-14(20)12-7-4-8-18(10-12)15-16-13(17-21-15)9-11-5-2-1-3-6-11/h1-3,5-6,12H,4,7-10H2,(H,19,20)/t12-/m1/s1. The maximum absolute atomic E-state index is 11.1. The summed E-state index contributed by atoms with van der Waals surface area (Å²) in [6.07, 6.45) is 2.36. The maximum atomic E-state index is 11.1. The topological polar surface area (TPSA) is 66.3 Å². The number of carboxylic acid groups (broad SMARTS) is 1. The first-order chi connectivity index (χ1) is 10.2. The van der Waals surface area contributed by atoms with Crippen molar-refractivity contribution in [2.45, 2.75) is 19.3 Å². The van der Waals surface area contributed by atoms with Gasteiger partial charge >= 0.3 is 5.97 Å². The van der Waals surface area contributed by atoms with Crippen LogP contribution in [0.15, 0.2) is 30.3 Å². The van der Waals surface area contributed by atoms with Crippen LogP contribution >= 0.6 is 11.5 Å². The van der Waals surface area contributed by atoms with Crippen molar-refractivity contribution in [2.24, 2.45) is 5.92 Å². The fourth-order valence-corrected chi connectivity index (χ4v) is 3.30. The zero-order valence-electron chi connectivity index (χ0n) is 11.6. The van der Waals surface area contributed by atoms with Gasteiger partial charge in [-0.3, -0.25) is 4.79 Å². The average molecular weight is 303 g/mol. The highest BCUT2D eigenvalue weighted by Gasteiger charge is 2.27. The Morgan fingerprint density at radius 1 is 1.38 bits per heavy atom. The fourth-order valence-electron chi connectivity index (χ4n) is 2.58. The second-order valence-electron chi connectivity index (χ2n) is 5.28. The predicted molar refractivity (Wildman–Crippen MR) is 81.7 cm³/mol. The largest absolute Gasteiger partial charge is 0.481 e. The van der Waals surface area contributed by atoms with Crippen LogP contribution in [0.25, 0.3) is 0 Å². The van der Waals surface area contributed by atoms with E-state index in [2.05, 4.69) is 26.4 Å². The SMILES string of the molecule is O=C(O)[C@@H]1CCCN(c2nc(Cc3ccccc3)ns2)C1. The number of rotatable bonds is 4. The van der Waals surface area contributed by atoms with Gasteiger partial charge < -0.3 is 10.0 Å². The number of anilines is 1. The Balaban J connectivity index is 1.68. The highest BCUT2D eigenvalue weighted by Crippen LogP contribution is 2.25. The van der Waals surface area contributed by atoms with Gasteiger partial charge in [0.05, 0.1) is 5.92 Å². The monoisotopic (exact) mass is 303 g/mol. The summed E-state index contributed by atoms with van der Waals surface area (Å²) in [4.78, 5) is 17.7. The van der Waals surface area contributed by atoms with E-state index in [1.807, 2.05) is 18.2 Å². The van der Waals surface area contributed by atoms with Crippen LogP contribution in [-0.4, -0.2) is 33.5 Å². The minimum absolute atomic E-state index is 0.291. The second kappa shape index (κ2) is 6.22. The molecule has 1 aromatic heterocycles. The number of aliphatic carboxylic acids is 1. The van der Waals surface area contributed by atoms with E-state index in [0.29, 0.717) is 13.0 Å². The van der Waals surface area contributed by atoms with Crippen LogP contribution in [0.3, 0.4) is 0 Å². The molecule has 0 amide bonds. The molecule has 1 fully saturated rings.